The van der Waals surface area contributed by atoms with Gasteiger partial charge in [0.05, 0.1) is 12.2 Å². The molecular formula is C12H20N4O. The minimum Gasteiger partial charge on any atom is -0.340 e. The van der Waals surface area contributed by atoms with Crippen molar-refractivity contribution < 1.29 is 4.79 Å². The van der Waals surface area contributed by atoms with Crippen molar-refractivity contribution in [3.8, 4) is 0 Å². The van der Waals surface area contributed by atoms with Gasteiger partial charge in [0.15, 0.2) is 0 Å². The minimum absolute atomic E-state index is 0.00518. The van der Waals surface area contributed by atoms with Crippen molar-refractivity contribution in [2.45, 2.75) is 38.3 Å². The van der Waals surface area contributed by atoms with Gasteiger partial charge in [-0.05, 0) is 19.4 Å². The Balaban J connectivity index is 1.89. The standard InChI is InChI=1S/C12H20N4O/c1-16(9-10-7-14-15-8-10)12(17)11-5-3-2-4-6-13-11/h7-8,11,13H,2-6,9H2,1H3,(H,14,15). The van der Waals surface area contributed by atoms with Gasteiger partial charge in [0.2, 0.25) is 5.91 Å². The SMILES string of the molecule is CN(Cc1cn[nH]c1)C(=O)C1CCCCCN1. The van der Waals surface area contributed by atoms with E-state index in [1.165, 1.54) is 12.8 Å². The van der Waals surface area contributed by atoms with Crippen molar-refractivity contribution in [2.24, 2.45) is 0 Å². The van der Waals surface area contributed by atoms with Crippen LogP contribution in [0, 0.1) is 0 Å². The van der Waals surface area contributed by atoms with Crippen molar-refractivity contribution >= 4 is 5.91 Å². The maximum atomic E-state index is 12.2. The highest BCUT2D eigenvalue weighted by molar-refractivity contribution is 5.81. The smallest absolute Gasteiger partial charge is 0.239 e. The highest BCUT2D eigenvalue weighted by atomic mass is 16.2. The van der Waals surface area contributed by atoms with Crippen molar-refractivity contribution in [2.75, 3.05) is 13.6 Å². The van der Waals surface area contributed by atoms with E-state index in [1.54, 1.807) is 11.1 Å². The molecule has 1 unspecified atom stereocenters. The molecule has 0 bridgehead atoms. The molecule has 0 spiro atoms. The van der Waals surface area contributed by atoms with Gasteiger partial charge in [-0.2, -0.15) is 5.10 Å². The molecule has 2 N–H and O–H groups in total. The first-order chi connectivity index (χ1) is 8.27. The summed E-state index contributed by atoms with van der Waals surface area (Å²) in [5.74, 6) is 0.188. The monoisotopic (exact) mass is 236 g/mol. The van der Waals surface area contributed by atoms with E-state index >= 15 is 0 Å². The van der Waals surface area contributed by atoms with Crippen LogP contribution in [0.4, 0.5) is 0 Å². The summed E-state index contributed by atoms with van der Waals surface area (Å²) in [5.41, 5.74) is 1.04. The molecule has 1 amide bonds. The molecule has 0 aliphatic carbocycles. The summed E-state index contributed by atoms with van der Waals surface area (Å²) in [6, 6.07) is -0.00518. The molecule has 2 heterocycles. The second-order valence-corrected chi connectivity index (χ2v) is 4.66. The summed E-state index contributed by atoms with van der Waals surface area (Å²) in [7, 11) is 1.85. The molecule has 0 radical (unpaired) electrons. The third-order valence-electron chi connectivity index (χ3n) is 3.21. The lowest BCUT2D eigenvalue weighted by molar-refractivity contribution is -0.132. The first kappa shape index (κ1) is 12.1. The Morgan fingerprint density at radius 2 is 2.41 bits per heavy atom. The van der Waals surface area contributed by atoms with Gasteiger partial charge in [-0.3, -0.25) is 9.89 Å². The number of amides is 1. The molecule has 2 rings (SSSR count). The van der Waals surface area contributed by atoms with Crippen molar-refractivity contribution in [3.05, 3.63) is 18.0 Å². The molecule has 0 aromatic carbocycles. The molecule has 1 saturated heterocycles. The molecule has 1 aromatic rings. The first-order valence-electron chi connectivity index (χ1n) is 6.23. The molecule has 1 fully saturated rings. The van der Waals surface area contributed by atoms with E-state index in [1.807, 2.05) is 13.2 Å². The molecular weight excluding hydrogens is 216 g/mol. The molecule has 17 heavy (non-hydrogen) atoms. The van der Waals surface area contributed by atoms with E-state index < -0.39 is 0 Å². The van der Waals surface area contributed by atoms with Crippen molar-refractivity contribution in [1.82, 2.24) is 20.4 Å². The molecule has 0 saturated carbocycles. The second kappa shape index (κ2) is 5.82. The van der Waals surface area contributed by atoms with Gasteiger partial charge in [-0.25, -0.2) is 0 Å². The van der Waals surface area contributed by atoms with Crippen molar-refractivity contribution in [3.63, 3.8) is 0 Å². The van der Waals surface area contributed by atoms with Gasteiger partial charge in [0.1, 0.15) is 0 Å². The Morgan fingerprint density at radius 1 is 1.53 bits per heavy atom. The number of likely N-dealkylation sites (N-methyl/N-ethyl adjacent to an activating group) is 1. The van der Waals surface area contributed by atoms with Gasteiger partial charge < -0.3 is 10.2 Å². The van der Waals surface area contributed by atoms with Crippen LogP contribution in [0.15, 0.2) is 12.4 Å². The van der Waals surface area contributed by atoms with Crippen LogP contribution < -0.4 is 5.32 Å². The van der Waals surface area contributed by atoms with Crippen LogP contribution in [0.25, 0.3) is 0 Å². The highest BCUT2D eigenvalue weighted by Gasteiger charge is 2.22. The lowest BCUT2D eigenvalue weighted by Gasteiger charge is -2.23. The average Bonchev–Trinajstić information content (AvgIpc) is 2.68. The summed E-state index contributed by atoms with van der Waals surface area (Å²) >= 11 is 0. The van der Waals surface area contributed by atoms with Crippen LogP contribution in [0.3, 0.4) is 0 Å². The Morgan fingerprint density at radius 3 is 3.18 bits per heavy atom. The van der Waals surface area contributed by atoms with E-state index in [-0.39, 0.29) is 11.9 Å². The number of carbonyl (C=O) groups excluding carboxylic acids is 1. The van der Waals surface area contributed by atoms with E-state index in [4.69, 9.17) is 0 Å². The summed E-state index contributed by atoms with van der Waals surface area (Å²) in [4.78, 5) is 14.0. The topological polar surface area (TPSA) is 61.0 Å². The van der Waals surface area contributed by atoms with Crippen LogP contribution in [-0.4, -0.2) is 40.6 Å². The molecule has 5 heteroatoms. The number of rotatable bonds is 3. The first-order valence-corrected chi connectivity index (χ1v) is 6.23. The second-order valence-electron chi connectivity index (χ2n) is 4.66. The zero-order valence-electron chi connectivity index (χ0n) is 10.3. The summed E-state index contributed by atoms with van der Waals surface area (Å²) in [6.45, 7) is 1.57. The predicted molar refractivity (Wildman–Crippen MR) is 65.3 cm³/mol. The number of nitrogens with one attached hydrogen (secondary N) is 2. The van der Waals surface area contributed by atoms with Crippen LogP contribution in [0.5, 0.6) is 0 Å². The van der Waals surface area contributed by atoms with Gasteiger partial charge >= 0.3 is 0 Å². The van der Waals surface area contributed by atoms with E-state index in [0.717, 1.165) is 24.9 Å². The number of hydrogen-bond acceptors (Lipinski definition) is 3. The Hall–Kier alpha value is -1.36. The summed E-state index contributed by atoms with van der Waals surface area (Å²) in [5, 5.41) is 9.97. The van der Waals surface area contributed by atoms with Crippen LogP contribution in [0.2, 0.25) is 0 Å². The van der Waals surface area contributed by atoms with Gasteiger partial charge in [0, 0.05) is 25.4 Å². The molecule has 94 valence electrons. The van der Waals surface area contributed by atoms with E-state index in [2.05, 4.69) is 15.5 Å². The number of hydrogen-bond donors (Lipinski definition) is 2. The van der Waals surface area contributed by atoms with Crippen molar-refractivity contribution in [1.29, 1.82) is 0 Å². The van der Waals surface area contributed by atoms with Gasteiger partial charge in [-0.15, -0.1) is 0 Å². The largest absolute Gasteiger partial charge is 0.340 e. The Bertz CT molecular complexity index is 341. The molecule has 5 nitrogen and oxygen atoms in total. The molecule has 1 aliphatic rings. The molecule has 1 aliphatic heterocycles. The van der Waals surface area contributed by atoms with Crippen LogP contribution in [-0.2, 0) is 11.3 Å². The number of nitrogens with zero attached hydrogens (tertiary/aromatic N) is 2. The minimum atomic E-state index is -0.00518. The Labute approximate surface area is 102 Å². The zero-order valence-corrected chi connectivity index (χ0v) is 10.3. The number of aromatic amines is 1. The fourth-order valence-corrected chi connectivity index (χ4v) is 2.22. The third kappa shape index (κ3) is 3.30. The number of H-pyrrole nitrogens is 1. The highest BCUT2D eigenvalue weighted by Crippen LogP contribution is 2.11. The predicted octanol–water partition coefficient (Wildman–Crippen LogP) is 0.900. The molecule has 1 atom stereocenters. The quantitative estimate of drug-likeness (QED) is 0.819. The fourth-order valence-electron chi connectivity index (χ4n) is 2.22. The van der Waals surface area contributed by atoms with Gasteiger partial charge in [-0.1, -0.05) is 12.8 Å². The lowest BCUT2D eigenvalue weighted by atomic mass is 10.1. The number of carbonyl (C=O) groups is 1. The van der Waals surface area contributed by atoms with Gasteiger partial charge in [0.25, 0.3) is 0 Å². The lowest BCUT2D eigenvalue weighted by Crippen LogP contribution is -2.44. The summed E-state index contributed by atoms with van der Waals surface area (Å²) in [6.07, 6.45) is 8.07. The van der Waals surface area contributed by atoms with E-state index in [0.29, 0.717) is 6.54 Å². The summed E-state index contributed by atoms with van der Waals surface area (Å²) < 4.78 is 0. The Kier molecular flexibility index (Phi) is 4.14. The fraction of sp³-hybridized carbons (Fsp3) is 0.667. The van der Waals surface area contributed by atoms with E-state index in [9.17, 15) is 4.79 Å². The third-order valence-corrected chi connectivity index (χ3v) is 3.21. The number of aromatic nitrogens is 2. The maximum absolute atomic E-state index is 12.2. The average molecular weight is 236 g/mol. The van der Waals surface area contributed by atoms with Crippen LogP contribution in [0.1, 0.15) is 31.2 Å². The maximum Gasteiger partial charge on any atom is 0.239 e. The van der Waals surface area contributed by atoms with Crippen LogP contribution >= 0.6 is 0 Å². The normalized spacial score (nSPS) is 20.9. The zero-order chi connectivity index (χ0) is 12.1. The molecule has 1 aromatic heterocycles.